The minimum Gasteiger partial charge on any atom is -0.466 e. The standard InChI is InChI=1S/C11H23NO3S/c1-5-15-11(13)8-9(2)12-7-6-10(3)16(4)14/h9-10,12H,5-8H2,1-4H3. The summed E-state index contributed by atoms with van der Waals surface area (Å²) in [7, 11) is -0.770. The van der Waals surface area contributed by atoms with Crippen LogP contribution in [0.3, 0.4) is 0 Å². The molecule has 0 amide bonds. The maximum Gasteiger partial charge on any atom is 0.307 e. The summed E-state index contributed by atoms with van der Waals surface area (Å²) in [5.41, 5.74) is 0. The fourth-order valence-electron chi connectivity index (χ4n) is 1.24. The summed E-state index contributed by atoms with van der Waals surface area (Å²) in [5, 5.41) is 3.42. The van der Waals surface area contributed by atoms with Gasteiger partial charge in [0, 0.05) is 28.3 Å². The van der Waals surface area contributed by atoms with Crippen LogP contribution in [0.25, 0.3) is 0 Å². The molecular weight excluding hydrogens is 226 g/mol. The van der Waals surface area contributed by atoms with E-state index in [2.05, 4.69) is 5.32 Å². The zero-order valence-electron chi connectivity index (χ0n) is 10.6. The maximum atomic E-state index is 11.1. The molecule has 0 spiro atoms. The normalized spacial score (nSPS) is 16.5. The number of carbonyl (C=O) groups is 1. The van der Waals surface area contributed by atoms with Gasteiger partial charge in [-0.1, -0.05) is 6.92 Å². The monoisotopic (exact) mass is 249 g/mol. The average Bonchev–Trinajstić information content (AvgIpc) is 2.17. The summed E-state index contributed by atoms with van der Waals surface area (Å²) in [5.74, 6) is -0.172. The first-order valence-corrected chi connectivity index (χ1v) is 7.30. The molecule has 96 valence electrons. The molecule has 0 aliphatic heterocycles. The molecule has 0 heterocycles. The molecule has 16 heavy (non-hydrogen) atoms. The molecule has 0 saturated heterocycles. The highest BCUT2D eigenvalue weighted by molar-refractivity contribution is 7.84. The number of rotatable bonds is 8. The van der Waals surface area contributed by atoms with Crippen LogP contribution in [0.1, 0.15) is 33.6 Å². The Morgan fingerprint density at radius 3 is 2.56 bits per heavy atom. The highest BCUT2D eigenvalue weighted by Gasteiger charge is 2.10. The van der Waals surface area contributed by atoms with Crippen LogP contribution in [0.5, 0.6) is 0 Å². The van der Waals surface area contributed by atoms with Crippen LogP contribution >= 0.6 is 0 Å². The van der Waals surface area contributed by atoms with E-state index in [9.17, 15) is 9.00 Å². The van der Waals surface area contributed by atoms with Crippen molar-refractivity contribution >= 4 is 16.8 Å². The van der Waals surface area contributed by atoms with Crippen molar-refractivity contribution in [2.24, 2.45) is 0 Å². The fraction of sp³-hybridized carbons (Fsp3) is 0.909. The van der Waals surface area contributed by atoms with Crippen LogP contribution in [0.2, 0.25) is 0 Å². The van der Waals surface area contributed by atoms with Crippen LogP contribution < -0.4 is 5.32 Å². The lowest BCUT2D eigenvalue weighted by molar-refractivity contribution is -0.143. The van der Waals surface area contributed by atoms with Crippen molar-refractivity contribution in [3.05, 3.63) is 0 Å². The lowest BCUT2D eigenvalue weighted by Crippen LogP contribution is -2.31. The Balaban J connectivity index is 3.61. The Morgan fingerprint density at radius 1 is 1.44 bits per heavy atom. The molecule has 0 fully saturated rings. The molecule has 0 rings (SSSR count). The van der Waals surface area contributed by atoms with Crippen LogP contribution in [0, 0.1) is 0 Å². The van der Waals surface area contributed by atoms with Gasteiger partial charge in [-0.05, 0) is 26.8 Å². The third-order valence-corrected chi connectivity index (χ3v) is 3.76. The second-order valence-corrected chi connectivity index (χ2v) is 5.76. The van der Waals surface area contributed by atoms with E-state index in [1.165, 1.54) is 0 Å². The van der Waals surface area contributed by atoms with Crippen molar-refractivity contribution in [1.82, 2.24) is 5.32 Å². The molecule has 0 aliphatic rings. The molecule has 0 aromatic carbocycles. The smallest absolute Gasteiger partial charge is 0.307 e. The van der Waals surface area contributed by atoms with E-state index < -0.39 is 10.8 Å². The molecule has 3 unspecified atom stereocenters. The predicted molar refractivity (Wildman–Crippen MR) is 66.9 cm³/mol. The van der Waals surface area contributed by atoms with Crippen molar-refractivity contribution in [2.75, 3.05) is 19.4 Å². The van der Waals surface area contributed by atoms with Gasteiger partial charge in [0.2, 0.25) is 0 Å². The van der Waals surface area contributed by atoms with Gasteiger partial charge in [0.25, 0.3) is 0 Å². The van der Waals surface area contributed by atoms with Crippen LogP contribution in [0.4, 0.5) is 0 Å². The van der Waals surface area contributed by atoms with Gasteiger partial charge in [-0.2, -0.15) is 0 Å². The van der Waals surface area contributed by atoms with Crippen LogP contribution in [-0.2, 0) is 20.3 Å². The summed E-state index contributed by atoms with van der Waals surface area (Å²) in [6, 6.07) is 0.108. The third kappa shape index (κ3) is 7.82. The minimum atomic E-state index is -0.770. The Labute approximate surface area is 101 Å². The Bertz CT molecular complexity index is 233. The average molecular weight is 249 g/mol. The van der Waals surface area contributed by atoms with E-state index in [0.29, 0.717) is 13.0 Å². The molecule has 0 aromatic heterocycles. The zero-order valence-corrected chi connectivity index (χ0v) is 11.4. The van der Waals surface area contributed by atoms with Crippen molar-refractivity contribution in [1.29, 1.82) is 0 Å². The molecule has 3 atom stereocenters. The van der Waals surface area contributed by atoms with E-state index in [4.69, 9.17) is 4.74 Å². The second kappa shape index (κ2) is 8.70. The fourth-order valence-corrected chi connectivity index (χ4v) is 1.69. The highest BCUT2D eigenvalue weighted by Crippen LogP contribution is 1.99. The summed E-state index contributed by atoms with van der Waals surface area (Å²) < 4.78 is 15.9. The summed E-state index contributed by atoms with van der Waals surface area (Å²) >= 11 is 0. The van der Waals surface area contributed by atoms with Gasteiger partial charge < -0.3 is 10.1 Å². The number of carbonyl (C=O) groups excluding carboxylic acids is 1. The predicted octanol–water partition coefficient (Wildman–Crippen LogP) is 1.07. The topological polar surface area (TPSA) is 55.4 Å². The third-order valence-electron chi connectivity index (χ3n) is 2.39. The summed E-state index contributed by atoms with van der Waals surface area (Å²) in [6.07, 6.45) is 2.96. The number of nitrogens with one attached hydrogen (secondary N) is 1. The van der Waals surface area contributed by atoms with E-state index in [1.807, 2.05) is 13.8 Å². The zero-order chi connectivity index (χ0) is 12.6. The van der Waals surface area contributed by atoms with Gasteiger partial charge >= 0.3 is 5.97 Å². The number of hydrogen-bond donors (Lipinski definition) is 1. The van der Waals surface area contributed by atoms with Gasteiger partial charge in [-0.3, -0.25) is 9.00 Å². The Morgan fingerprint density at radius 2 is 2.06 bits per heavy atom. The van der Waals surface area contributed by atoms with Gasteiger partial charge in [0.1, 0.15) is 0 Å². The Hall–Kier alpha value is -0.420. The van der Waals surface area contributed by atoms with E-state index in [0.717, 1.165) is 13.0 Å². The van der Waals surface area contributed by atoms with Crippen molar-refractivity contribution in [2.45, 2.75) is 44.9 Å². The number of hydrogen-bond acceptors (Lipinski definition) is 4. The van der Waals surface area contributed by atoms with Crippen molar-refractivity contribution < 1.29 is 13.7 Å². The molecule has 0 bridgehead atoms. The summed E-state index contributed by atoms with van der Waals surface area (Å²) in [6.45, 7) is 6.92. The SMILES string of the molecule is CCOC(=O)CC(C)NCCC(C)S(C)=O. The first-order valence-electron chi connectivity index (χ1n) is 5.68. The summed E-state index contributed by atoms with van der Waals surface area (Å²) in [4.78, 5) is 11.1. The van der Waals surface area contributed by atoms with Crippen LogP contribution in [0.15, 0.2) is 0 Å². The molecule has 5 heteroatoms. The van der Waals surface area contributed by atoms with E-state index in [1.54, 1.807) is 13.2 Å². The van der Waals surface area contributed by atoms with E-state index in [-0.39, 0.29) is 17.3 Å². The van der Waals surface area contributed by atoms with Crippen molar-refractivity contribution in [3.63, 3.8) is 0 Å². The van der Waals surface area contributed by atoms with Crippen LogP contribution in [-0.4, -0.2) is 40.9 Å². The molecule has 1 N–H and O–H groups in total. The second-order valence-electron chi connectivity index (χ2n) is 3.96. The number of esters is 1. The van der Waals surface area contributed by atoms with Crippen molar-refractivity contribution in [3.8, 4) is 0 Å². The molecule has 4 nitrogen and oxygen atoms in total. The van der Waals surface area contributed by atoms with Gasteiger partial charge in [-0.25, -0.2) is 0 Å². The molecule has 0 saturated carbocycles. The number of ether oxygens (including phenoxy) is 1. The molecular formula is C11H23NO3S. The van der Waals surface area contributed by atoms with Gasteiger partial charge in [-0.15, -0.1) is 0 Å². The van der Waals surface area contributed by atoms with E-state index >= 15 is 0 Å². The minimum absolute atomic E-state index is 0.108. The molecule has 0 aliphatic carbocycles. The highest BCUT2D eigenvalue weighted by atomic mass is 32.2. The molecule has 0 aromatic rings. The quantitative estimate of drug-likeness (QED) is 0.654. The first-order chi connectivity index (χ1) is 7.47. The Kier molecular flexibility index (Phi) is 8.47. The first kappa shape index (κ1) is 15.6. The van der Waals surface area contributed by atoms with Gasteiger partial charge in [0.15, 0.2) is 0 Å². The molecule has 0 radical (unpaired) electrons. The largest absolute Gasteiger partial charge is 0.466 e. The lowest BCUT2D eigenvalue weighted by atomic mass is 10.2. The lowest BCUT2D eigenvalue weighted by Gasteiger charge is -2.14. The van der Waals surface area contributed by atoms with Gasteiger partial charge in [0.05, 0.1) is 13.0 Å². The maximum absolute atomic E-state index is 11.1.